The fourth-order valence-electron chi connectivity index (χ4n) is 9.50. The second kappa shape index (κ2) is 30.4. The highest BCUT2D eigenvalue weighted by atomic mass is 16.5. The van der Waals surface area contributed by atoms with Crippen molar-refractivity contribution in [1.82, 2.24) is 50.7 Å². The minimum Gasteiger partial charge on any atom is -0.391 e. The van der Waals surface area contributed by atoms with E-state index in [1.165, 1.54) is 82.7 Å². The van der Waals surface area contributed by atoms with Crippen molar-refractivity contribution in [3.05, 3.63) is 35.9 Å². The Balaban J connectivity index is 2.92. The van der Waals surface area contributed by atoms with Crippen molar-refractivity contribution < 1.29 is 57.8 Å². The van der Waals surface area contributed by atoms with Crippen molar-refractivity contribution in [3.63, 3.8) is 0 Å². The second-order valence-electron chi connectivity index (χ2n) is 23.7. The second-order valence-corrected chi connectivity index (χ2v) is 23.7. The fourth-order valence-corrected chi connectivity index (χ4v) is 9.50. The first-order valence-electron chi connectivity index (χ1n) is 27.6. The zero-order chi connectivity index (χ0) is 60.7. The van der Waals surface area contributed by atoms with Crippen molar-refractivity contribution >= 4 is 59.1 Å². The smallest absolute Gasteiger partial charge is 0.248 e. The Labute approximate surface area is 469 Å². The van der Waals surface area contributed by atoms with Crippen LogP contribution in [0.2, 0.25) is 0 Å². The number of carbonyl (C=O) groups is 10. The minimum absolute atomic E-state index is 0.00178. The number of likely N-dealkylation sites (N-methyl/N-ethyl adjacent to an activating group) is 6. The van der Waals surface area contributed by atoms with E-state index >= 15 is 0 Å². The lowest BCUT2D eigenvalue weighted by molar-refractivity contribution is -0.151. The van der Waals surface area contributed by atoms with E-state index in [0.29, 0.717) is 12.0 Å². The highest BCUT2D eigenvalue weighted by molar-refractivity contribution is 5.99. The molecule has 0 aliphatic carbocycles. The van der Waals surface area contributed by atoms with Gasteiger partial charge in [-0.25, -0.2) is 0 Å². The summed E-state index contributed by atoms with van der Waals surface area (Å²) >= 11 is 0. The number of amides is 10. The third-order valence-corrected chi connectivity index (χ3v) is 14.6. The number of benzene rings is 1. The monoisotopic (exact) mass is 1110 g/mol. The molecule has 1 saturated heterocycles. The largest absolute Gasteiger partial charge is 0.391 e. The van der Waals surface area contributed by atoms with Gasteiger partial charge in [-0.15, -0.1) is 0 Å². The standard InChI is InChI=1S/C57H96N10O12/c1-21-35(8)47-51(73)60-41(31-79-57(12,13)14)55(77)67(20)46(34(6)7)50(72)58-36(9)52(74)63(16)37(10)53(75)64(17)43(29-39-25-23-22-24-26-39)48(70)59-40(27-32(2)3)54(76)65(18)42(28-33(4)5)49(71)61-45(38(11)68)56(78)62(15)30-44(69)66(47)19/h22-26,32-38,40-43,45-47,68H,21,27-31H2,1-20H3,(H,58,72)(H,59,70)(H,60,73)(H,61,71)/t35-,36+,37-,38+,40-,41-,42-,43-,45-,46-,47-/m0/s1. The van der Waals surface area contributed by atoms with Crippen LogP contribution in [0.3, 0.4) is 0 Å². The third-order valence-electron chi connectivity index (χ3n) is 14.6. The van der Waals surface area contributed by atoms with Crippen LogP contribution in [0.25, 0.3) is 0 Å². The SMILES string of the molecule is CC[C@H](C)[C@H]1C(=O)N[C@@H](COC(C)(C)C)C(=O)N(C)[C@@H](C(C)C)C(=O)N[C@H](C)C(=O)N(C)[C@@H](C)C(=O)N(C)[C@@H](Cc2ccccc2)C(=O)N[C@@H](CC(C)C)C(=O)N(C)[C@@H](CC(C)C)C(=O)N[C@@H]([C@@H](C)O)C(=O)N(C)CC(=O)N1C. The zero-order valence-electron chi connectivity index (χ0n) is 50.8. The van der Waals surface area contributed by atoms with Gasteiger partial charge in [0.25, 0.3) is 0 Å². The van der Waals surface area contributed by atoms with E-state index in [0.717, 1.165) is 9.80 Å². The first-order chi connectivity index (χ1) is 36.5. The highest BCUT2D eigenvalue weighted by Crippen LogP contribution is 2.21. The van der Waals surface area contributed by atoms with Crippen molar-refractivity contribution in [2.24, 2.45) is 23.7 Å². The van der Waals surface area contributed by atoms with Crippen LogP contribution in [0.15, 0.2) is 30.3 Å². The van der Waals surface area contributed by atoms with Crippen LogP contribution in [-0.4, -0.2) is 215 Å². The van der Waals surface area contributed by atoms with Crippen LogP contribution in [0, 0.1) is 23.7 Å². The molecule has 1 heterocycles. The molecule has 1 aromatic rings. The van der Waals surface area contributed by atoms with Crippen molar-refractivity contribution in [2.75, 3.05) is 55.4 Å². The average Bonchev–Trinajstić information content (AvgIpc) is 3.36. The molecule has 2 rings (SSSR count). The van der Waals surface area contributed by atoms with Gasteiger partial charge < -0.3 is 60.5 Å². The topological polar surface area (TPSA) is 268 Å². The van der Waals surface area contributed by atoms with Crippen molar-refractivity contribution in [1.29, 1.82) is 0 Å². The number of aliphatic hydroxyl groups is 1. The summed E-state index contributed by atoms with van der Waals surface area (Å²) in [5, 5.41) is 22.1. The van der Waals surface area contributed by atoms with Gasteiger partial charge in [0.1, 0.15) is 54.4 Å². The number of hydrogen-bond donors (Lipinski definition) is 5. The van der Waals surface area contributed by atoms with Crippen LogP contribution >= 0.6 is 0 Å². The normalized spacial score (nSPS) is 26.4. The Morgan fingerprint density at radius 3 is 1.59 bits per heavy atom. The quantitative estimate of drug-likeness (QED) is 0.201. The van der Waals surface area contributed by atoms with E-state index in [4.69, 9.17) is 4.74 Å². The van der Waals surface area contributed by atoms with Gasteiger partial charge in [0.15, 0.2) is 0 Å². The molecule has 0 bridgehead atoms. The summed E-state index contributed by atoms with van der Waals surface area (Å²) in [6, 6.07) is -2.59. The van der Waals surface area contributed by atoms with E-state index in [1.807, 2.05) is 34.6 Å². The van der Waals surface area contributed by atoms with Crippen LogP contribution in [-0.2, 0) is 59.1 Å². The minimum atomic E-state index is -1.61. The molecule has 5 N–H and O–H groups in total. The number of aliphatic hydroxyl groups excluding tert-OH is 1. The summed E-state index contributed by atoms with van der Waals surface area (Å²) in [6.45, 7) is 22.9. The lowest BCUT2D eigenvalue weighted by Gasteiger charge is -2.37. The molecule has 0 radical (unpaired) electrons. The number of hydrogen-bond acceptors (Lipinski definition) is 12. The summed E-state index contributed by atoms with van der Waals surface area (Å²) < 4.78 is 6.04. The molecule has 22 heteroatoms. The molecular weight excluding hydrogens is 1020 g/mol. The van der Waals surface area contributed by atoms with Gasteiger partial charge in [0.05, 0.1) is 24.9 Å². The predicted molar refractivity (Wildman–Crippen MR) is 300 cm³/mol. The zero-order valence-corrected chi connectivity index (χ0v) is 50.8. The molecule has 0 unspecified atom stereocenters. The van der Waals surface area contributed by atoms with Gasteiger partial charge in [-0.1, -0.05) is 92.1 Å². The molecule has 0 aromatic heterocycles. The number of carbonyl (C=O) groups excluding carboxylic acids is 10. The Bertz CT molecular complexity index is 2270. The Hall–Kier alpha value is -6.16. The van der Waals surface area contributed by atoms with Crippen LogP contribution in [0.5, 0.6) is 0 Å². The molecular formula is C57H96N10O12. The summed E-state index contributed by atoms with van der Waals surface area (Å²) in [6.07, 6.45) is -0.882. The molecule has 1 aliphatic rings. The molecule has 0 spiro atoms. The fraction of sp³-hybridized carbons (Fsp3) is 0.719. The van der Waals surface area contributed by atoms with E-state index in [-0.39, 0.29) is 37.7 Å². The van der Waals surface area contributed by atoms with Crippen molar-refractivity contribution in [2.45, 2.75) is 189 Å². The summed E-state index contributed by atoms with van der Waals surface area (Å²) in [5.74, 6) is -8.51. The first-order valence-corrected chi connectivity index (χ1v) is 27.6. The van der Waals surface area contributed by atoms with Gasteiger partial charge in [-0.3, -0.25) is 47.9 Å². The molecule has 79 heavy (non-hydrogen) atoms. The summed E-state index contributed by atoms with van der Waals surface area (Å²) in [7, 11) is 8.30. The van der Waals surface area contributed by atoms with E-state index in [1.54, 1.807) is 71.9 Å². The molecule has 22 nitrogen and oxygen atoms in total. The summed E-state index contributed by atoms with van der Waals surface area (Å²) in [5.41, 5.74) is -0.109. The maximum Gasteiger partial charge on any atom is 0.248 e. The number of rotatable bonds is 12. The number of nitrogens with zero attached hydrogens (tertiary/aromatic N) is 6. The van der Waals surface area contributed by atoms with E-state index in [9.17, 15) is 53.1 Å². The summed E-state index contributed by atoms with van der Waals surface area (Å²) in [4.78, 5) is 152. The van der Waals surface area contributed by atoms with Crippen molar-refractivity contribution in [3.8, 4) is 0 Å². The lowest BCUT2D eigenvalue weighted by Crippen LogP contribution is -2.62. The van der Waals surface area contributed by atoms with Gasteiger partial charge in [-0.2, -0.15) is 0 Å². The molecule has 1 aromatic carbocycles. The van der Waals surface area contributed by atoms with Gasteiger partial charge in [-0.05, 0) is 83.6 Å². The molecule has 11 atom stereocenters. The van der Waals surface area contributed by atoms with Crippen LogP contribution < -0.4 is 21.3 Å². The van der Waals surface area contributed by atoms with Gasteiger partial charge >= 0.3 is 0 Å². The maximum atomic E-state index is 14.8. The highest BCUT2D eigenvalue weighted by Gasteiger charge is 2.42. The number of nitrogens with one attached hydrogen (secondary N) is 4. The first kappa shape index (κ1) is 68.9. The van der Waals surface area contributed by atoms with Crippen LogP contribution in [0.4, 0.5) is 0 Å². The Morgan fingerprint density at radius 1 is 0.582 bits per heavy atom. The molecule has 1 aliphatic heterocycles. The Kier molecular flexibility index (Phi) is 26.6. The maximum absolute atomic E-state index is 14.8. The average molecular weight is 1110 g/mol. The molecule has 0 saturated carbocycles. The molecule has 1 fully saturated rings. The van der Waals surface area contributed by atoms with E-state index in [2.05, 4.69) is 21.3 Å². The van der Waals surface area contributed by atoms with E-state index < -0.39 is 144 Å². The van der Waals surface area contributed by atoms with Gasteiger partial charge in [0, 0.05) is 48.7 Å². The van der Waals surface area contributed by atoms with Crippen LogP contribution in [0.1, 0.15) is 122 Å². The molecule has 10 amide bonds. The lowest BCUT2D eigenvalue weighted by atomic mass is 9.96. The third kappa shape index (κ3) is 19.6. The Morgan fingerprint density at radius 2 is 1.09 bits per heavy atom. The van der Waals surface area contributed by atoms with Gasteiger partial charge in [0.2, 0.25) is 59.1 Å². The predicted octanol–water partition coefficient (Wildman–Crippen LogP) is 1.81. The molecule has 446 valence electrons. The number of ether oxygens (including phenoxy) is 1.